The third-order valence-corrected chi connectivity index (χ3v) is 4.57. The average molecular weight is 419 g/mol. The Labute approximate surface area is 160 Å². The molecule has 1 heterocycles. The summed E-state index contributed by atoms with van der Waals surface area (Å²) in [5.41, 5.74) is 2.45. The second kappa shape index (κ2) is 8.33. The first-order chi connectivity index (χ1) is 12.6. The topological polar surface area (TPSA) is 71.4 Å². The van der Waals surface area contributed by atoms with Crippen LogP contribution in [0.25, 0.3) is 0 Å². The molecule has 26 heavy (non-hydrogen) atoms. The number of carbonyl (C=O) groups excluding carboxylic acids is 1. The zero-order valence-corrected chi connectivity index (χ0v) is 15.9. The van der Waals surface area contributed by atoms with Gasteiger partial charge in [0.05, 0.1) is 37.3 Å². The van der Waals surface area contributed by atoms with Gasteiger partial charge in [-0.2, -0.15) is 0 Å². The number of hydrogen-bond acceptors (Lipinski definition) is 6. The number of esters is 1. The van der Waals surface area contributed by atoms with Crippen LogP contribution in [0.15, 0.2) is 45.9 Å². The Morgan fingerprint density at radius 3 is 2.77 bits per heavy atom. The normalized spacial score (nSPS) is 14.6. The van der Waals surface area contributed by atoms with E-state index in [4.69, 9.17) is 9.47 Å². The molecule has 0 aliphatic carbocycles. The van der Waals surface area contributed by atoms with Gasteiger partial charge in [-0.1, -0.05) is 15.9 Å². The molecule has 0 unspecified atom stereocenters. The lowest BCUT2D eigenvalue weighted by molar-refractivity contribution is 0.0600. The minimum atomic E-state index is -0.408. The fourth-order valence-corrected chi connectivity index (χ4v) is 3.11. The van der Waals surface area contributed by atoms with Gasteiger partial charge in [0.1, 0.15) is 5.75 Å². The van der Waals surface area contributed by atoms with Gasteiger partial charge in [-0.05, 0) is 36.4 Å². The Morgan fingerprint density at radius 1 is 1.27 bits per heavy atom. The van der Waals surface area contributed by atoms with Gasteiger partial charge in [-0.3, -0.25) is 4.99 Å². The third kappa shape index (κ3) is 4.23. The molecule has 3 rings (SSSR count). The van der Waals surface area contributed by atoms with Gasteiger partial charge < -0.3 is 19.5 Å². The predicted octanol–water partition coefficient (Wildman–Crippen LogP) is 3.53. The van der Waals surface area contributed by atoms with Crippen molar-refractivity contribution in [2.45, 2.75) is 0 Å². The molecule has 1 N–H and O–H groups in total. The number of anilines is 1. The number of phenolic OH excluding ortho intramolecular Hbond substituents is 1. The first-order valence-corrected chi connectivity index (χ1v) is 8.95. The molecule has 0 bridgehead atoms. The van der Waals surface area contributed by atoms with Crippen molar-refractivity contribution in [3.05, 3.63) is 52.0 Å². The number of methoxy groups -OCH3 is 1. The van der Waals surface area contributed by atoms with E-state index >= 15 is 0 Å². The van der Waals surface area contributed by atoms with Crippen LogP contribution in [-0.4, -0.2) is 50.7 Å². The largest absolute Gasteiger partial charge is 0.507 e. The summed E-state index contributed by atoms with van der Waals surface area (Å²) in [6, 6.07) is 10.5. The van der Waals surface area contributed by atoms with Gasteiger partial charge in [-0.25, -0.2) is 4.79 Å². The first-order valence-electron chi connectivity index (χ1n) is 8.16. The molecule has 1 aliphatic heterocycles. The highest BCUT2D eigenvalue weighted by Gasteiger charge is 2.19. The summed E-state index contributed by atoms with van der Waals surface area (Å²) in [5.74, 6) is -0.274. The molecule has 1 aliphatic rings. The lowest BCUT2D eigenvalue weighted by Gasteiger charge is -2.30. The number of ether oxygens (including phenoxy) is 2. The molecule has 0 amide bonds. The predicted molar refractivity (Wildman–Crippen MR) is 104 cm³/mol. The highest BCUT2D eigenvalue weighted by Crippen LogP contribution is 2.28. The Hall–Kier alpha value is -2.38. The summed E-state index contributed by atoms with van der Waals surface area (Å²) in [5, 5.41) is 9.90. The molecule has 0 atom stereocenters. The van der Waals surface area contributed by atoms with E-state index in [1.807, 2.05) is 12.1 Å². The van der Waals surface area contributed by atoms with Gasteiger partial charge in [0, 0.05) is 29.3 Å². The van der Waals surface area contributed by atoms with E-state index in [1.54, 1.807) is 30.5 Å². The maximum atomic E-state index is 12.2. The molecule has 136 valence electrons. The number of halogens is 1. The SMILES string of the molecule is COC(=O)c1cc(N=Cc2cc(Br)ccc2O)ccc1N1CCOCC1. The van der Waals surface area contributed by atoms with Gasteiger partial charge >= 0.3 is 5.97 Å². The number of aromatic hydroxyl groups is 1. The first kappa shape index (κ1) is 18.4. The fraction of sp³-hybridized carbons (Fsp3) is 0.263. The molecule has 7 heteroatoms. The average Bonchev–Trinajstić information content (AvgIpc) is 2.68. The zero-order valence-electron chi connectivity index (χ0n) is 14.3. The van der Waals surface area contributed by atoms with Crippen LogP contribution in [0.3, 0.4) is 0 Å². The molecular weight excluding hydrogens is 400 g/mol. The number of morpholine rings is 1. The number of aliphatic imine (C=N–C) groups is 1. The maximum absolute atomic E-state index is 12.2. The quantitative estimate of drug-likeness (QED) is 0.607. The second-order valence-electron chi connectivity index (χ2n) is 5.75. The summed E-state index contributed by atoms with van der Waals surface area (Å²) >= 11 is 3.37. The maximum Gasteiger partial charge on any atom is 0.340 e. The van der Waals surface area contributed by atoms with E-state index < -0.39 is 5.97 Å². The van der Waals surface area contributed by atoms with Crippen molar-refractivity contribution in [1.29, 1.82) is 0 Å². The number of carbonyl (C=O) groups is 1. The van der Waals surface area contributed by atoms with Crippen molar-refractivity contribution in [1.82, 2.24) is 0 Å². The van der Waals surface area contributed by atoms with E-state index in [0.29, 0.717) is 30.0 Å². The van der Waals surface area contributed by atoms with Crippen molar-refractivity contribution >= 4 is 39.5 Å². The lowest BCUT2D eigenvalue weighted by Crippen LogP contribution is -2.37. The molecule has 0 aromatic heterocycles. The van der Waals surface area contributed by atoms with Crippen LogP contribution in [0.4, 0.5) is 11.4 Å². The van der Waals surface area contributed by atoms with Crippen molar-refractivity contribution in [2.75, 3.05) is 38.3 Å². The minimum absolute atomic E-state index is 0.134. The van der Waals surface area contributed by atoms with Crippen LogP contribution in [0.2, 0.25) is 0 Å². The zero-order chi connectivity index (χ0) is 18.5. The number of hydrogen-bond donors (Lipinski definition) is 1. The van der Waals surface area contributed by atoms with Crippen LogP contribution in [-0.2, 0) is 9.47 Å². The molecule has 0 radical (unpaired) electrons. The van der Waals surface area contributed by atoms with Crippen molar-refractivity contribution < 1.29 is 19.4 Å². The summed E-state index contributed by atoms with van der Waals surface area (Å²) in [7, 11) is 1.36. The highest BCUT2D eigenvalue weighted by atomic mass is 79.9. The van der Waals surface area contributed by atoms with Crippen LogP contribution >= 0.6 is 15.9 Å². The van der Waals surface area contributed by atoms with Gasteiger partial charge in [0.25, 0.3) is 0 Å². The van der Waals surface area contributed by atoms with Crippen LogP contribution in [0.5, 0.6) is 5.75 Å². The molecule has 1 fully saturated rings. The molecule has 0 saturated carbocycles. The van der Waals surface area contributed by atoms with E-state index in [1.165, 1.54) is 7.11 Å². The fourth-order valence-electron chi connectivity index (χ4n) is 2.73. The van der Waals surface area contributed by atoms with E-state index in [-0.39, 0.29) is 5.75 Å². The number of rotatable bonds is 4. The number of phenols is 1. The van der Waals surface area contributed by atoms with E-state index in [0.717, 1.165) is 23.2 Å². The Bertz CT molecular complexity index is 832. The smallest absolute Gasteiger partial charge is 0.340 e. The third-order valence-electron chi connectivity index (χ3n) is 4.08. The van der Waals surface area contributed by atoms with Crippen molar-refractivity contribution in [2.24, 2.45) is 4.99 Å². The summed E-state index contributed by atoms with van der Waals surface area (Å²) in [6.45, 7) is 2.70. The van der Waals surface area contributed by atoms with E-state index in [9.17, 15) is 9.90 Å². The minimum Gasteiger partial charge on any atom is -0.507 e. The van der Waals surface area contributed by atoms with Crippen molar-refractivity contribution in [3.8, 4) is 5.75 Å². The molecule has 0 spiro atoms. The number of benzene rings is 2. The summed E-state index contributed by atoms with van der Waals surface area (Å²) < 4.78 is 11.1. The molecule has 2 aromatic rings. The van der Waals surface area contributed by atoms with Gasteiger partial charge in [0.2, 0.25) is 0 Å². The molecule has 6 nitrogen and oxygen atoms in total. The van der Waals surface area contributed by atoms with Gasteiger partial charge in [0.15, 0.2) is 0 Å². The summed E-state index contributed by atoms with van der Waals surface area (Å²) in [6.07, 6.45) is 1.56. The Morgan fingerprint density at radius 2 is 2.04 bits per heavy atom. The second-order valence-corrected chi connectivity index (χ2v) is 6.67. The monoisotopic (exact) mass is 418 g/mol. The van der Waals surface area contributed by atoms with Crippen LogP contribution in [0.1, 0.15) is 15.9 Å². The lowest BCUT2D eigenvalue weighted by atomic mass is 10.1. The summed E-state index contributed by atoms with van der Waals surface area (Å²) in [4.78, 5) is 18.7. The van der Waals surface area contributed by atoms with Crippen LogP contribution in [0, 0.1) is 0 Å². The standard InChI is InChI=1S/C19H19BrN2O4/c1-25-19(24)16-11-15(3-4-17(16)22-6-8-26-9-7-22)21-12-13-10-14(20)2-5-18(13)23/h2-5,10-12,23H,6-9H2,1H3. The van der Waals surface area contributed by atoms with Gasteiger partial charge in [-0.15, -0.1) is 0 Å². The molecule has 2 aromatic carbocycles. The van der Waals surface area contributed by atoms with Crippen LogP contribution < -0.4 is 4.90 Å². The highest BCUT2D eigenvalue weighted by molar-refractivity contribution is 9.10. The Balaban J connectivity index is 1.92. The van der Waals surface area contributed by atoms with E-state index in [2.05, 4.69) is 25.8 Å². The molecular formula is C19H19BrN2O4. The Kier molecular flexibility index (Phi) is 5.90. The molecule has 1 saturated heterocycles. The van der Waals surface area contributed by atoms with Crippen molar-refractivity contribution in [3.63, 3.8) is 0 Å². The number of nitrogens with zero attached hydrogens (tertiary/aromatic N) is 2.